The molecule has 0 radical (unpaired) electrons. The van der Waals surface area contributed by atoms with Crippen LogP contribution < -0.4 is 10.1 Å². The third-order valence-electron chi connectivity index (χ3n) is 7.92. The molecule has 0 aliphatic heterocycles. The van der Waals surface area contributed by atoms with E-state index in [1.54, 1.807) is 44.2 Å². The lowest BCUT2D eigenvalue weighted by molar-refractivity contribution is -0.167. The molecule has 1 amide bonds. The maximum atomic E-state index is 13.5. The number of Topliss-reactive ketones (excluding diaryl/α,β-unsaturated/α-hetero) is 1. The van der Waals surface area contributed by atoms with Crippen molar-refractivity contribution in [3.8, 4) is 17.6 Å². The average molecular weight is 642 g/mol. The van der Waals surface area contributed by atoms with E-state index in [1.165, 1.54) is 25.3 Å². The number of rotatable bonds is 26. The highest BCUT2D eigenvalue weighted by Crippen LogP contribution is 2.27. The number of hydrogen-bond acceptors (Lipinski definition) is 6. The molecule has 4 N–H and O–H groups in total. The molecule has 1 rings (SSSR count). The van der Waals surface area contributed by atoms with Crippen molar-refractivity contribution < 1.29 is 39.2 Å². The summed E-state index contributed by atoms with van der Waals surface area (Å²) in [6.45, 7) is 5.85. The zero-order valence-corrected chi connectivity index (χ0v) is 28.0. The Hall–Kier alpha value is -3.64. The molecular formula is C37H55NO8. The summed E-state index contributed by atoms with van der Waals surface area (Å²) in [5, 5.41) is 33.3. The number of carboxylic acids is 2. The first-order chi connectivity index (χ1) is 22.1. The van der Waals surface area contributed by atoms with Crippen molar-refractivity contribution in [2.45, 2.75) is 135 Å². The molecule has 0 aromatic heterocycles. The van der Waals surface area contributed by atoms with Gasteiger partial charge in [0, 0.05) is 18.9 Å². The van der Waals surface area contributed by atoms with Crippen molar-refractivity contribution in [2.24, 2.45) is 5.92 Å². The van der Waals surface area contributed by atoms with E-state index in [0.29, 0.717) is 37.2 Å². The van der Waals surface area contributed by atoms with Gasteiger partial charge in [-0.3, -0.25) is 14.4 Å². The summed E-state index contributed by atoms with van der Waals surface area (Å²) in [5.74, 6) is 1.69. The molecular weight excluding hydrogens is 586 g/mol. The Labute approximate surface area is 275 Å². The van der Waals surface area contributed by atoms with Crippen molar-refractivity contribution in [1.29, 1.82) is 0 Å². The topological polar surface area (TPSA) is 150 Å². The number of unbranched alkanes of at least 4 members (excludes halogenated alkanes) is 8. The lowest BCUT2D eigenvalue weighted by Gasteiger charge is -2.31. The van der Waals surface area contributed by atoms with Crippen molar-refractivity contribution in [3.63, 3.8) is 0 Å². The van der Waals surface area contributed by atoms with Crippen LogP contribution in [0.1, 0.15) is 123 Å². The number of benzene rings is 1. The van der Waals surface area contributed by atoms with Crippen LogP contribution in [0.25, 0.3) is 0 Å². The average Bonchev–Trinajstić information content (AvgIpc) is 3.00. The van der Waals surface area contributed by atoms with Gasteiger partial charge >= 0.3 is 11.9 Å². The minimum absolute atomic E-state index is 0.148. The molecule has 0 spiro atoms. The van der Waals surface area contributed by atoms with Crippen molar-refractivity contribution in [3.05, 3.63) is 42.0 Å². The van der Waals surface area contributed by atoms with E-state index in [2.05, 4.69) is 24.1 Å². The monoisotopic (exact) mass is 641 g/mol. The largest absolute Gasteiger partial charge is 0.481 e. The number of carbonyl (C=O) groups is 4. The Morgan fingerprint density at radius 2 is 1.54 bits per heavy atom. The summed E-state index contributed by atoms with van der Waals surface area (Å²) in [5.41, 5.74) is -1.59. The van der Waals surface area contributed by atoms with E-state index < -0.39 is 35.4 Å². The van der Waals surface area contributed by atoms with Crippen LogP contribution in [0.15, 0.2) is 36.4 Å². The Bertz CT molecular complexity index is 1150. The number of carboxylic acid groups (broad SMARTS) is 2. The second-order valence-electron chi connectivity index (χ2n) is 11.9. The third kappa shape index (κ3) is 16.6. The lowest BCUT2D eigenvalue weighted by Crippen LogP contribution is -2.53. The quantitative estimate of drug-likeness (QED) is 0.0499. The summed E-state index contributed by atoms with van der Waals surface area (Å²) in [6.07, 6.45) is 14.1. The summed E-state index contributed by atoms with van der Waals surface area (Å²) >= 11 is 0. The highest BCUT2D eigenvalue weighted by atomic mass is 16.5. The molecule has 0 fully saturated rings. The second kappa shape index (κ2) is 23.7. The highest BCUT2D eigenvalue weighted by molar-refractivity contribution is 5.90. The van der Waals surface area contributed by atoms with Crippen LogP contribution >= 0.6 is 0 Å². The Morgan fingerprint density at radius 1 is 0.913 bits per heavy atom. The van der Waals surface area contributed by atoms with Gasteiger partial charge in [0.25, 0.3) is 0 Å². The minimum atomic E-state index is -2.35. The standard InChI is InChI=1S/C37H55NO8/c1-4-7-9-12-15-18-31(39)19-16-13-10-11-14-17-20-33(37(45,25-6-3)36(43)44)35(42)38-30(28-34(40)41)27-29-21-23-32(24-22-29)46-26-8-5-2/h17,20-24,30,33,45H,4,6-7,9-16,18-19,25-28H2,1-3H3,(H,38,42)(H,40,41)(H,43,44)/b20-17+/t30-,33+,37-/m0/s1. The molecule has 46 heavy (non-hydrogen) atoms. The van der Waals surface area contributed by atoms with Crippen molar-refractivity contribution in [1.82, 2.24) is 5.32 Å². The fourth-order valence-electron chi connectivity index (χ4n) is 5.33. The number of amides is 1. The first kappa shape index (κ1) is 40.4. The van der Waals surface area contributed by atoms with Crippen LogP contribution in [0.2, 0.25) is 0 Å². The fourth-order valence-corrected chi connectivity index (χ4v) is 5.33. The van der Waals surface area contributed by atoms with E-state index in [4.69, 9.17) is 4.74 Å². The number of ketones is 1. The predicted molar refractivity (Wildman–Crippen MR) is 179 cm³/mol. The van der Waals surface area contributed by atoms with Gasteiger partial charge in [-0.2, -0.15) is 0 Å². The summed E-state index contributed by atoms with van der Waals surface area (Å²) in [4.78, 5) is 49.4. The van der Waals surface area contributed by atoms with Gasteiger partial charge in [0.1, 0.15) is 18.1 Å². The number of ether oxygens (including phenoxy) is 1. The van der Waals surface area contributed by atoms with Crippen molar-refractivity contribution >= 4 is 23.6 Å². The number of aliphatic hydroxyl groups is 1. The summed E-state index contributed by atoms with van der Waals surface area (Å²) in [7, 11) is 0. The van der Waals surface area contributed by atoms with Crippen LogP contribution in [-0.2, 0) is 25.6 Å². The molecule has 9 nitrogen and oxygen atoms in total. The van der Waals surface area contributed by atoms with Gasteiger partial charge in [-0.25, -0.2) is 4.79 Å². The molecule has 1 aromatic carbocycles. The molecule has 0 heterocycles. The van der Waals surface area contributed by atoms with Crippen LogP contribution in [0.5, 0.6) is 5.75 Å². The van der Waals surface area contributed by atoms with Crippen LogP contribution in [0, 0.1) is 17.8 Å². The molecule has 0 saturated heterocycles. The van der Waals surface area contributed by atoms with Gasteiger partial charge in [-0.15, -0.1) is 5.92 Å². The fraction of sp³-hybridized carbons (Fsp3) is 0.622. The molecule has 0 aliphatic carbocycles. The van der Waals surface area contributed by atoms with Gasteiger partial charge in [0.05, 0.1) is 12.3 Å². The maximum absolute atomic E-state index is 13.5. The smallest absolute Gasteiger partial charge is 0.336 e. The highest BCUT2D eigenvalue weighted by Gasteiger charge is 2.46. The first-order valence-corrected chi connectivity index (χ1v) is 16.8. The van der Waals surface area contributed by atoms with E-state index in [9.17, 15) is 34.5 Å². The molecule has 0 aliphatic rings. The summed E-state index contributed by atoms with van der Waals surface area (Å²) < 4.78 is 5.51. The number of nitrogens with one attached hydrogen (secondary N) is 1. The Kier molecular flexibility index (Phi) is 20.8. The third-order valence-corrected chi connectivity index (χ3v) is 7.92. The number of hydrogen-bond donors (Lipinski definition) is 4. The number of carbonyl (C=O) groups excluding carboxylic acids is 2. The van der Waals surface area contributed by atoms with Crippen LogP contribution in [0.4, 0.5) is 0 Å². The van der Waals surface area contributed by atoms with E-state index in [-0.39, 0.29) is 25.9 Å². The van der Waals surface area contributed by atoms with Gasteiger partial charge in [0.15, 0.2) is 5.60 Å². The molecule has 3 atom stereocenters. The van der Waals surface area contributed by atoms with Crippen LogP contribution in [-0.4, -0.2) is 57.2 Å². The molecule has 1 aromatic rings. The molecule has 0 bridgehead atoms. The SMILES string of the molecule is CC#CCOc1ccc(C[C@@H](CC(=O)O)NC(=O)[C@@H](/C=C/CCCCCCC(=O)CCCCCCC)[C@@](O)(CCC)C(=O)O)cc1. The molecule has 256 valence electrons. The van der Waals surface area contributed by atoms with E-state index in [1.807, 2.05) is 0 Å². The number of allylic oxidation sites excluding steroid dienone is 1. The second-order valence-corrected chi connectivity index (χ2v) is 11.9. The normalized spacial score (nSPS) is 13.7. The predicted octanol–water partition coefficient (Wildman–Crippen LogP) is 6.65. The van der Waals surface area contributed by atoms with Crippen molar-refractivity contribution in [2.75, 3.05) is 6.61 Å². The van der Waals surface area contributed by atoms with Gasteiger partial charge < -0.3 is 25.4 Å². The van der Waals surface area contributed by atoms with Gasteiger partial charge in [0.2, 0.25) is 5.91 Å². The van der Waals surface area contributed by atoms with Crippen LogP contribution in [0.3, 0.4) is 0 Å². The number of aliphatic carboxylic acids is 2. The maximum Gasteiger partial charge on any atom is 0.336 e. The minimum Gasteiger partial charge on any atom is -0.481 e. The molecule has 0 unspecified atom stereocenters. The zero-order chi connectivity index (χ0) is 34.2. The Morgan fingerprint density at radius 3 is 2.11 bits per heavy atom. The zero-order valence-electron chi connectivity index (χ0n) is 28.0. The van der Waals surface area contributed by atoms with E-state index >= 15 is 0 Å². The molecule has 0 saturated carbocycles. The lowest BCUT2D eigenvalue weighted by atomic mass is 9.82. The first-order valence-electron chi connectivity index (χ1n) is 16.8. The van der Waals surface area contributed by atoms with E-state index in [0.717, 1.165) is 44.1 Å². The Balaban J connectivity index is 2.81. The van der Waals surface area contributed by atoms with Gasteiger partial charge in [-0.05, 0) is 63.1 Å². The molecule has 9 heteroatoms. The summed E-state index contributed by atoms with van der Waals surface area (Å²) in [6, 6.07) is 6.16. The van der Waals surface area contributed by atoms with Gasteiger partial charge in [-0.1, -0.05) is 89.0 Å².